The van der Waals surface area contributed by atoms with Gasteiger partial charge in [-0.2, -0.15) is 0 Å². The van der Waals surface area contributed by atoms with Crippen LogP contribution in [0.25, 0.3) is 0 Å². The first-order valence-corrected chi connectivity index (χ1v) is 3.35. The zero-order valence-electron chi connectivity index (χ0n) is 5.60. The van der Waals surface area contributed by atoms with Crippen LogP contribution in [0, 0.1) is 5.92 Å². The second-order valence-corrected chi connectivity index (χ2v) is 2.37. The van der Waals surface area contributed by atoms with Crippen molar-refractivity contribution in [2.75, 3.05) is 0 Å². The second kappa shape index (κ2) is 2.81. The van der Waals surface area contributed by atoms with E-state index in [-0.39, 0.29) is 5.83 Å². The van der Waals surface area contributed by atoms with E-state index in [0.717, 1.165) is 6.42 Å². The van der Waals surface area contributed by atoms with Gasteiger partial charge in [0.25, 0.3) is 0 Å². The Morgan fingerprint density at radius 2 is 2.56 bits per heavy atom. The molecule has 0 saturated carbocycles. The van der Waals surface area contributed by atoms with Gasteiger partial charge in [-0.3, -0.25) is 0 Å². The van der Waals surface area contributed by atoms with Gasteiger partial charge in [-0.05, 0) is 18.4 Å². The SMILES string of the molecule is CCC1C=CC=C(F)C1. The van der Waals surface area contributed by atoms with E-state index in [1.165, 1.54) is 6.08 Å². The maximum absolute atomic E-state index is 12.4. The Kier molecular flexibility index (Phi) is 2.04. The molecular formula is C8H11F. The van der Waals surface area contributed by atoms with E-state index in [0.29, 0.717) is 12.3 Å². The van der Waals surface area contributed by atoms with Crippen LogP contribution in [-0.2, 0) is 0 Å². The van der Waals surface area contributed by atoms with Crippen molar-refractivity contribution in [3.05, 3.63) is 24.1 Å². The van der Waals surface area contributed by atoms with E-state index in [4.69, 9.17) is 0 Å². The lowest BCUT2D eigenvalue weighted by Crippen LogP contribution is -1.97. The second-order valence-electron chi connectivity index (χ2n) is 2.37. The third kappa shape index (κ3) is 1.67. The van der Waals surface area contributed by atoms with E-state index in [2.05, 4.69) is 13.0 Å². The van der Waals surface area contributed by atoms with E-state index in [1.807, 2.05) is 0 Å². The summed E-state index contributed by atoms with van der Waals surface area (Å²) in [5.74, 6) is 0.458. The molecule has 50 valence electrons. The zero-order valence-corrected chi connectivity index (χ0v) is 5.60. The highest BCUT2D eigenvalue weighted by molar-refractivity contribution is 5.14. The fraction of sp³-hybridized carbons (Fsp3) is 0.500. The lowest BCUT2D eigenvalue weighted by atomic mass is 9.98. The molecule has 0 nitrogen and oxygen atoms in total. The molecule has 1 rings (SSSR count). The fourth-order valence-electron chi connectivity index (χ4n) is 0.984. The maximum Gasteiger partial charge on any atom is 0.100 e. The molecule has 0 aromatic carbocycles. The Labute approximate surface area is 55.1 Å². The first kappa shape index (κ1) is 6.53. The van der Waals surface area contributed by atoms with Gasteiger partial charge in [0, 0.05) is 6.42 Å². The highest BCUT2D eigenvalue weighted by Gasteiger charge is 2.07. The summed E-state index contributed by atoms with van der Waals surface area (Å²) in [4.78, 5) is 0. The summed E-state index contributed by atoms with van der Waals surface area (Å²) in [7, 11) is 0. The third-order valence-corrected chi connectivity index (χ3v) is 1.64. The van der Waals surface area contributed by atoms with Crippen LogP contribution >= 0.6 is 0 Å². The topological polar surface area (TPSA) is 0 Å². The van der Waals surface area contributed by atoms with Gasteiger partial charge in [-0.25, -0.2) is 4.39 Å². The molecule has 0 radical (unpaired) electrons. The lowest BCUT2D eigenvalue weighted by Gasteiger charge is -2.10. The Morgan fingerprint density at radius 1 is 1.78 bits per heavy atom. The molecule has 9 heavy (non-hydrogen) atoms. The Morgan fingerprint density at radius 3 is 3.00 bits per heavy atom. The summed E-state index contributed by atoms with van der Waals surface area (Å²) in [6.07, 6.45) is 7.03. The van der Waals surface area contributed by atoms with Crippen LogP contribution in [0.4, 0.5) is 4.39 Å². The summed E-state index contributed by atoms with van der Waals surface area (Å²) in [5, 5.41) is 0. The molecule has 0 aromatic heterocycles. The molecule has 0 fully saturated rings. The molecule has 0 aromatic rings. The number of allylic oxidation sites excluding steroid dienone is 4. The summed E-state index contributed by atoms with van der Waals surface area (Å²) >= 11 is 0. The molecule has 1 aliphatic rings. The Hall–Kier alpha value is -0.590. The molecule has 0 bridgehead atoms. The smallest absolute Gasteiger partial charge is 0.100 e. The molecule has 1 aliphatic carbocycles. The van der Waals surface area contributed by atoms with Crippen LogP contribution in [0.15, 0.2) is 24.1 Å². The van der Waals surface area contributed by atoms with Gasteiger partial charge < -0.3 is 0 Å². The summed E-state index contributed by atoms with van der Waals surface area (Å²) < 4.78 is 12.4. The maximum atomic E-state index is 12.4. The van der Waals surface area contributed by atoms with Crippen molar-refractivity contribution < 1.29 is 4.39 Å². The van der Waals surface area contributed by atoms with Crippen molar-refractivity contribution >= 4 is 0 Å². The molecule has 1 unspecified atom stereocenters. The lowest BCUT2D eigenvalue weighted by molar-refractivity contribution is 0.504. The quantitative estimate of drug-likeness (QED) is 0.506. The van der Waals surface area contributed by atoms with Crippen LogP contribution in [0.1, 0.15) is 19.8 Å². The number of hydrogen-bond donors (Lipinski definition) is 0. The number of rotatable bonds is 1. The third-order valence-electron chi connectivity index (χ3n) is 1.64. The minimum Gasteiger partial charge on any atom is -0.212 e. The van der Waals surface area contributed by atoms with Crippen LogP contribution in [-0.4, -0.2) is 0 Å². The minimum absolute atomic E-state index is 0.0179. The van der Waals surface area contributed by atoms with Crippen molar-refractivity contribution in [1.29, 1.82) is 0 Å². The Bertz CT molecular complexity index is 145. The van der Waals surface area contributed by atoms with E-state index < -0.39 is 0 Å². The predicted molar refractivity (Wildman–Crippen MR) is 36.7 cm³/mol. The van der Waals surface area contributed by atoms with Gasteiger partial charge in [-0.15, -0.1) is 0 Å². The van der Waals surface area contributed by atoms with Gasteiger partial charge in [0.1, 0.15) is 5.83 Å². The molecule has 0 aliphatic heterocycles. The summed E-state index contributed by atoms with van der Waals surface area (Å²) in [6.45, 7) is 2.08. The molecule has 1 atom stereocenters. The zero-order chi connectivity index (χ0) is 6.69. The van der Waals surface area contributed by atoms with Crippen molar-refractivity contribution in [3.8, 4) is 0 Å². The number of halogens is 1. The highest BCUT2D eigenvalue weighted by atomic mass is 19.1. The molecule has 0 amide bonds. The fourth-order valence-corrected chi connectivity index (χ4v) is 0.984. The Balaban J connectivity index is 2.51. The van der Waals surface area contributed by atoms with Crippen molar-refractivity contribution in [3.63, 3.8) is 0 Å². The van der Waals surface area contributed by atoms with Gasteiger partial charge in [-0.1, -0.05) is 19.1 Å². The van der Waals surface area contributed by atoms with Gasteiger partial charge in [0.2, 0.25) is 0 Å². The normalized spacial score (nSPS) is 26.0. The average molecular weight is 126 g/mol. The number of hydrogen-bond acceptors (Lipinski definition) is 0. The van der Waals surface area contributed by atoms with Crippen LogP contribution in [0.3, 0.4) is 0 Å². The molecule has 0 N–H and O–H groups in total. The summed E-state index contributed by atoms with van der Waals surface area (Å²) in [5.41, 5.74) is 0. The van der Waals surface area contributed by atoms with Gasteiger partial charge in [0.15, 0.2) is 0 Å². The predicted octanol–water partition coefficient (Wildman–Crippen LogP) is 2.83. The van der Waals surface area contributed by atoms with Crippen molar-refractivity contribution in [2.24, 2.45) is 5.92 Å². The molecule has 0 spiro atoms. The monoisotopic (exact) mass is 126 g/mol. The van der Waals surface area contributed by atoms with Crippen LogP contribution in [0.5, 0.6) is 0 Å². The van der Waals surface area contributed by atoms with Crippen molar-refractivity contribution in [2.45, 2.75) is 19.8 Å². The van der Waals surface area contributed by atoms with Gasteiger partial charge in [0.05, 0.1) is 0 Å². The molecule has 0 saturated heterocycles. The van der Waals surface area contributed by atoms with Gasteiger partial charge >= 0.3 is 0 Å². The van der Waals surface area contributed by atoms with E-state index in [9.17, 15) is 4.39 Å². The first-order valence-electron chi connectivity index (χ1n) is 3.35. The molecule has 0 heterocycles. The first-order chi connectivity index (χ1) is 4.33. The minimum atomic E-state index is 0.0179. The average Bonchev–Trinajstić information content (AvgIpc) is 1.88. The van der Waals surface area contributed by atoms with E-state index in [1.54, 1.807) is 6.08 Å². The largest absolute Gasteiger partial charge is 0.212 e. The molecular weight excluding hydrogens is 115 g/mol. The summed E-state index contributed by atoms with van der Waals surface area (Å²) in [6, 6.07) is 0. The van der Waals surface area contributed by atoms with Crippen molar-refractivity contribution in [1.82, 2.24) is 0 Å². The van der Waals surface area contributed by atoms with Crippen LogP contribution < -0.4 is 0 Å². The van der Waals surface area contributed by atoms with Crippen LogP contribution in [0.2, 0.25) is 0 Å². The molecule has 1 heteroatoms. The standard InChI is InChI=1S/C8H11F/c1-2-7-4-3-5-8(9)6-7/h3-5,7H,2,6H2,1H3. The highest BCUT2D eigenvalue weighted by Crippen LogP contribution is 2.21. The van der Waals surface area contributed by atoms with E-state index >= 15 is 0 Å².